The van der Waals surface area contributed by atoms with E-state index in [4.69, 9.17) is 10.8 Å². The van der Waals surface area contributed by atoms with E-state index in [2.05, 4.69) is 0 Å². The summed E-state index contributed by atoms with van der Waals surface area (Å²) in [5.41, 5.74) is 5.20. The molecule has 10 heavy (non-hydrogen) atoms. The maximum Gasteiger partial charge on any atom is 0.320 e. The van der Waals surface area contributed by atoms with Crippen molar-refractivity contribution in [2.24, 2.45) is 5.73 Å². The second-order valence-electron chi connectivity index (χ2n) is 2.09. The Morgan fingerprint density at radius 2 is 2.20 bits per heavy atom. The number of hydrogen-bond donors (Lipinski definition) is 2. The number of aliphatic carboxylic acids is 1. The topological polar surface area (TPSA) is 63.3 Å². The van der Waals surface area contributed by atoms with E-state index in [0.29, 0.717) is 6.42 Å². The normalized spacial score (nSPS) is 11.8. The summed E-state index contributed by atoms with van der Waals surface area (Å²) in [4.78, 5) is 10.1. The number of carboxylic acid groups (broad SMARTS) is 1. The van der Waals surface area contributed by atoms with Crippen molar-refractivity contribution in [1.29, 1.82) is 0 Å². The number of nitrogens with two attached hydrogens (primary N) is 1. The van der Waals surface area contributed by atoms with Gasteiger partial charge in [-0.05, 0) is 6.42 Å². The minimum Gasteiger partial charge on any atom is -0.480 e. The van der Waals surface area contributed by atoms with Gasteiger partial charge in [0.25, 0.3) is 0 Å². The van der Waals surface area contributed by atoms with Crippen molar-refractivity contribution in [3.8, 4) is 0 Å². The molecule has 0 amide bonds. The largest absolute Gasteiger partial charge is 0.480 e. The predicted octanol–water partition coefficient (Wildman–Crippen LogP) is 0.586. The zero-order valence-electron chi connectivity index (χ0n) is 6.34. The third kappa shape index (κ3) is 6.18. The second kappa shape index (κ2) is 7.16. The first-order chi connectivity index (χ1) is 4.18. The zero-order chi connectivity index (χ0) is 7.28. The van der Waals surface area contributed by atoms with E-state index >= 15 is 0 Å². The maximum atomic E-state index is 10.1. The van der Waals surface area contributed by atoms with Gasteiger partial charge in [-0.1, -0.05) is 19.8 Å². The van der Waals surface area contributed by atoms with E-state index in [-0.39, 0.29) is 19.5 Å². The van der Waals surface area contributed by atoms with Gasteiger partial charge in [0.15, 0.2) is 0 Å². The van der Waals surface area contributed by atoms with Gasteiger partial charge in [-0.3, -0.25) is 4.79 Å². The van der Waals surface area contributed by atoms with Gasteiger partial charge in [0.2, 0.25) is 0 Å². The fraction of sp³-hybridized carbons (Fsp3) is 0.833. The number of hydrogen-bond acceptors (Lipinski definition) is 2. The number of unbranched alkanes of at least 4 members (excludes halogenated alkanes) is 1. The molecule has 4 heteroatoms. The molecule has 0 spiro atoms. The average molecular weight is 197 g/mol. The van der Waals surface area contributed by atoms with Gasteiger partial charge in [0.1, 0.15) is 6.04 Å². The molecule has 3 N–H and O–H groups in total. The van der Waals surface area contributed by atoms with Crippen LogP contribution in [0.15, 0.2) is 0 Å². The summed E-state index contributed by atoms with van der Waals surface area (Å²) in [6.07, 6.45) is 2.49. The van der Waals surface area contributed by atoms with Gasteiger partial charge in [0, 0.05) is 19.5 Å². The van der Waals surface area contributed by atoms with Crippen molar-refractivity contribution in [3.05, 3.63) is 0 Å². The Balaban J connectivity index is 0. The molecule has 0 aromatic rings. The van der Waals surface area contributed by atoms with Gasteiger partial charge >= 0.3 is 5.97 Å². The van der Waals surface area contributed by atoms with Crippen LogP contribution >= 0.6 is 0 Å². The molecule has 0 aliphatic heterocycles. The summed E-state index contributed by atoms with van der Waals surface area (Å²) in [7, 11) is 0. The first kappa shape index (κ1) is 12.7. The summed E-state index contributed by atoms with van der Waals surface area (Å²) in [6, 6.07) is -0.662. The average Bonchev–Trinajstić information content (AvgIpc) is 1.82. The Labute approximate surface area is 73.7 Å². The van der Waals surface area contributed by atoms with Crippen LogP contribution in [0.1, 0.15) is 26.2 Å². The minimum absolute atomic E-state index is 0. The van der Waals surface area contributed by atoms with Crippen molar-refractivity contribution < 1.29 is 29.4 Å². The van der Waals surface area contributed by atoms with Crippen LogP contribution in [0.5, 0.6) is 0 Å². The molecule has 0 saturated carbocycles. The molecule has 1 atom stereocenters. The standard InChI is InChI=1S/C6H13NO2.Zn/c1-2-3-4-5(7)6(8)9;/h5H,2-4,7H2,1H3,(H,8,9);. The maximum absolute atomic E-state index is 10.1. The predicted molar refractivity (Wildman–Crippen MR) is 35.1 cm³/mol. The Kier molecular flexibility index (Phi) is 9.10. The Hall–Kier alpha value is 0.0534. The van der Waals surface area contributed by atoms with E-state index in [9.17, 15) is 4.79 Å². The van der Waals surface area contributed by atoms with Crippen molar-refractivity contribution in [2.75, 3.05) is 0 Å². The summed E-state index contributed by atoms with van der Waals surface area (Å²) in [6.45, 7) is 2.01. The number of carboxylic acids is 1. The van der Waals surface area contributed by atoms with Crippen LogP contribution in [0.25, 0.3) is 0 Å². The van der Waals surface area contributed by atoms with E-state index < -0.39 is 12.0 Å². The summed E-state index contributed by atoms with van der Waals surface area (Å²) in [5.74, 6) is -0.900. The molecule has 0 radical (unpaired) electrons. The Morgan fingerprint density at radius 3 is 2.50 bits per heavy atom. The fourth-order valence-corrected chi connectivity index (χ4v) is 0.548. The van der Waals surface area contributed by atoms with Gasteiger partial charge in [-0.25, -0.2) is 0 Å². The van der Waals surface area contributed by atoms with E-state index in [1.165, 1.54) is 0 Å². The van der Waals surface area contributed by atoms with Crippen molar-refractivity contribution in [2.45, 2.75) is 32.2 Å². The molecular weight excluding hydrogens is 183 g/mol. The van der Waals surface area contributed by atoms with Crippen molar-refractivity contribution >= 4 is 5.97 Å². The molecule has 0 bridgehead atoms. The molecule has 0 fully saturated rings. The molecule has 0 heterocycles. The smallest absolute Gasteiger partial charge is 0.320 e. The van der Waals surface area contributed by atoms with E-state index in [1.807, 2.05) is 6.92 Å². The summed E-state index contributed by atoms with van der Waals surface area (Å²) < 4.78 is 0. The molecule has 0 aromatic carbocycles. The molecule has 0 rings (SSSR count). The minimum atomic E-state index is -0.900. The first-order valence-corrected chi connectivity index (χ1v) is 3.17. The van der Waals surface area contributed by atoms with E-state index in [1.54, 1.807) is 0 Å². The van der Waals surface area contributed by atoms with Crippen molar-refractivity contribution in [3.63, 3.8) is 0 Å². The van der Waals surface area contributed by atoms with Crippen LogP contribution in [-0.2, 0) is 24.3 Å². The molecule has 0 aliphatic carbocycles. The zero-order valence-corrected chi connectivity index (χ0v) is 9.31. The number of rotatable bonds is 4. The van der Waals surface area contributed by atoms with Crippen LogP contribution in [0.2, 0.25) is 0 Å². The molecule has 0 aromatic heterocycles. The monoisotopic (exact) mass is 195 g/mol. The van der Waals surface area contributed by atoms with Crippen LogP contribution in [0.3, 0.4) is 0 Å². The van der Waals surface area contributed by atoms with Crippen LogP contribution in [0, 0.1) is 0 Å². The SMILES string of the molecule is CCCCC(N)C(=O)O.[Zn]. The number of carbonyl (C=O) groups is 1. The second-order valence-corrected chi connectivity index (χ2v) is 2.09. The third-order valence-corrected chi connectivity index (χ3v) is 1.19. The van der Waals surface area contributed by atoms with Crippen LogP contribution in [-0.4, -0.2) is 17.1 Å². The molecule has 3 nitrogen and oxygen atoms in total. The third-order valence-electron chi connectivity index (χ3n) is 1.19. The summed E-state index contributed by atoms with van der Waals surface area (Å²) in [5, 5.41) is 8.28. The van der Waals surface area contributed by atoms with Gasteiger partial charge < -0.3 is 10.8 Å². The van der Waals surface area contributed by atoms with E-state index in [0.717, 1.165) is 12.8 Å². The van der Waals surface area contributed by atoms with Gasteiger partial charge in [0.05, 0.1) is 0 Å². The van der Waals surface area contributed by atoms with Gasteiger partial charge in [-0.15, -0.1) is 0 Å². The quantitative estimate of drug-likeness (QED) is 0.647. The summed E-state index contributed by atoms with van der Waals surface area (Å²) >= 11 is 0. The molecule has 0 aliphatic rings. The molecule has 1 unspecified atom stereocenters. The Morgan fingerprint density at radius 1 is 1.70 bits per heavy atom. The molecular formula is C6H13NO2Zn. The van der Waals surface area contributed by atoms with Crippen LogP contribution < -0.4 is 5.73 Å². The van der Waals surface area contributed by atoms with Crippen molar-refractivity contribution in [1.82, 2.24) is 0 Å². The van der Waals surface area contributed by atoms with Gasteiger partial charge in [-0.2, -0.15) is 0 Å². The first-order valence-electron chi connectivity index (χ1n) is 3.17. The fourth-order valence-electron chi connectivity index (χ4n) is 0.548. The molecule has 56 valence electrons. The van der Waals surface area contributed by atoms with Crippen LogP contribution in [0.4, 0.5) is 0 Å². The Bertz CT molecular complexity index is 97.7. The molecule has 0 saturated heterocycles.